The van der Waals surface area contributed by atoms with Gasteiger partial charge in [0.2, 0.25) is 0 Å². The van der Waals surface area contributed by atoms with Crippen LogP contribution in [0.4, 0.5) is 28.9 Å². The lowest BCUT2D eigenvalue weighted by Crippen LogP contribution is -2.13. The molecule has 33 heavy (non-hydrogen) atoms. The van der Waals surface area contributed by atoms with Crippen LogP contribution in [0.2, 0.25) is 10.0 Å². The molecule has 0 saturated heterocycles. The lowest BCUT2D eigenvalue weighted by atomic mass is 10.0. The van der Waals surface area contributed by atoms with Gasteiger partial charge in [-0.2, -0.15) is 0 Å². The van der Waals surface area contributed by atoms with Gasteiger partial charge in [0.25, 0.3) is 5.91 Å². The number of nitrogens with one attached hydrogen (secondary N) is 2. The fourth-order valence-corrected chi connectivity index (χ4v) is 3.30. The van der Waals surface area contributed by atoms with E-state index in [0.29, 0.717) is 0 Å². The molecule has 3 rings (SSSR count). The van der Waals surface area contributed by atoms with Crippen LogP contribution in [-0.4, -0.2) is 28.5 Å². The van der Waals surface area contributed by atoms with Crippen molar-refractivity contribution < 1.29 is 32.3 Å². The SMILES string of the molecule is O=C(O)CCNc1c(F)c(F)c(-c2ccc(C(=O)Nc3c(Cl)cncc3Cl)cc2)c(F)c1F. The second-order valence-corrected chi connectivity index (χ2v) is 7.40. The zero-order chi connectivity index (χ0) is 24.3. The van der Waals surface area contributed by atoms with Crippen molar-refractivity contribution in [1.29, 1.82) is 0 Å². The van der Waals surface area contributed by atoms with Gasteiger partial charge >= 0.3 is 5.97 Å². The summed E-state index contributed by atoms with van der Waals surface area (Å²) in [6.45, 7) is -0.448. The topological polar surface area (TPSA) is 91.3 Å². The first-order valence-corrected chi connectivity index (χ1v) is 9.89. The highest BCUT2D eigenvalue weighted by Crippen LogP contribution is 2.35. The van der Waals surface area contributed by atoms with Crippen molar-refractivity contribution in [2.24, 2.45) is 0 Å². The summed E-state index contributed by atoms with van der Waals surface area (Å²) in [6, 6.07) is 4.56. The number of carbonyl (C=O) groups is 2. The molecule has 3 N–H and O–H groups in total. The predicted octanol–water partition coefficient (Wildman–Crippen LogP) is 5.75. The van der Waals surface area contributed by atoms with E-state index < -0.39 is 59.4 Å². The van der Waals surface area contributed by atoms with Crippen LogP contribution in [0.1, 0.15) is 16.8 Å². The largest absolute Gasteiger partial charge is 0.481 e. The summed E-state index contributed by atoms with van der Waals surface area (Å²) >= 11 is 11.9. The number of benzene rings is 2. The maximum absolute atomic E-state index is 14.6. The van der Waals surface area contributed by atoms with Crippen molar-refractivity contribution in [3.8, 4) is 11.1 Å². The molecule has 172 valence electrons. The number of pyridine rings is 1. The molecule has 1 heterocycles. The number of aliphatic carboxylic acids is 1. The first kappa shape index (κ1) is 24.3. The second-order valence-electron chi connectivity index (χ2n) is 6.59. The number of hydrogen-bond donors (Lipinski definition) is 3. The van der Waals surface area contributed by atoms with Crippen LogP contribution in [-0.2, 0) is 4.79 Å². The zero-order valence-electron chi connectivity index (χ0n) is 16.4. The number of aromatic nitrogens is 1. The molecule has 0 saturated carbocycles. The predicted molar refractivity (Wildman–Crippen MR) is 115 cm³/mol. The fourth-order valence-electron chi connectivity index (χ4n) is 2.84. The van der Waals surface area contributed by atoms with Gasteiger partial charge in [-0.25, -0.2) is 17.6 Å². The van der Waals surface area contributed by atoms with Gasteiger partial charge < -0.3 is 15.7 Å². The average molecular weight is 502 g/mol. The van der Waals surface area contributed by atoms with E-state index in [9.17, 15) is 27.2 Å². The number of hydrogen-bond acceptors (Lipinski definition) is 4. The molecule has 0 spiro atoms. The van der Waals surface area contributed by atoms with Crippen LogP contribution < -0.4 is 10.6 Å². The van der Waals surface area contributed by atoms with Crippen LogP contribution in [0.5, 0.6) is 0 Å². The van der Waals surface area contributed by atoms with Crippen molar-refractivity contribution in [3.05, 3.63) is 75.5 Å². The molecule has 2 aromatic carbocycles. The van der Waals surface area contributed by atoms with E-state index in [4.69, 9.17) is 28.3 Å². The molecule has 0 fully saturated rings. The Morgan fingerprint density at radius 1 is 0.879 bits per heavy atom. The van der Waals surface area contributed by atoms with Gasteiger partial charge in [0.1, 0.15) is 5.69 Å². The maximum Gasteiger partial charge on any atom is 0.305 e. The Bertz CT molecular complexity index is 1190. The molecule has 12 heteroatoms. The van der Waals surface area contributed by atoms with E-state index in [2.05, 4.69) is 10.3 Å². The normalized spacial score (nSPS) is 10.7. The molecule has 0 radical (unpaired) electrons. The Hall–Kier alpha value is -3.37. The summed E-state index contributed by atoms with van der Waals surface area (Å²) in [7, 11) is 0. The second kappa shape index (κ2) is 10.1. The molecular formula is C21H13Cl2F4N3O3. The lowest BCUT2D eigenvalue weighted by molar-refractivity contribution is -0.136. The van der Waals surface area contributed by atoms with Crippen molar-refractivity contribution in [2.45, 2.75) is 6.42 Å². The van der Waals surface area contributed by atoms with Gasteiger partial charge in [-0.1, -0.05) is 35.3 Å². The van der Waals surface area contributed by atoms with Gasteiger partial charge in [-0.15, -0.1) is 0 Å². The van der Waals surface area contributed by atoms with Gasteiger partial charge in [0.05, 0.1) is 27.7 Å². The van der Waals surface area contributed by atoms with Crippen LogP contribution in [0.15, 0.2) is 36.7 Å². The van der Waals surface area contributed by atoms with Crippen LogP contribution in [0, 0.1) is 23.3 Å². The van der Waals surface area contributed by atoms with Crippen molar-refractivity contribution in [3.63, 3.8) is 0 Å². The highest BCUT2D eigenvalue weighted by atomic mass is 35.5. The third kappa shape index (κ3) is 5.18. The van der Waals surface area contributed by atoms with Crippen molar-refractivity contribution in [1.82, 2.24) is 4.98 Å². The zero-order valence-corrected chi connectivity index (χ0v) is 17.9. The van der Waals surface area contributed by atoms with Crippen molar-refractivity contribution >= 4 is 46.5 Å². The highest BCUT2D eigenvalue weighted by Gasteiger charge is 2.26. The lowest BCUT2D eigenvalue weighted by Gasteiger charge is -2.14. The standard InChI is InChI=1S/C21H13Cl2F4N3O3/c22-11-7-28-8-12(23)19(11)30-21(33)10-3-1-9(2-4-10)14-15(24)17(26)20(18(27)16(14)25)29-6-5-13(31)32/h1-4,7-8,29H,5-6H2,(H,31,32)(H,28,30,33). The molecule has 0 bridgehead atoms. The van der Waals surface area contributed by atoms with Gasteiger partial charge in [0.15, 0.2) is 23.3 Å². The van der Waals surface area contributed by atoms with Crippen LogP contribution in [0.25, 0.3) is 11.1 Å². The molecule has 0 atom stereocenters. The smallest absolute Gasteiger partial charge is 0.305 e. The molecule has 0 aliphatic heterocycles. The minimum Gasteiger partial charge on any atom is -0.481 e. The highest BCUT2D eigenvalue weighted by molar-refractivity contribution is 6.39. The summed E-state index contributed by atoms with van der Waals surface area (Å²) in [4.78, 5) is 26.7. The Kier molecular flexibility index (Phi) is 7.39. The summed E-state index contributed by atoms with van der Waals surface area (Å²) < 4.78 is 57.8. The minimum absolute atomic E-state index is 0.0383. The Morgan fingerprint density at radius 3 is 1.94 bits per heavy atom. The van der Waals surface area contributed by atoms with E-state index in [1.54, 1.807) is 0 Å². The Labute approximate surface area is 194 Å². The molecular weight excluding hydrogens is 489 g/mol. The number of carboxylic acid groups (broad SMARTS) is 1. The van der Waals surface area contributed by atoms with E-state index in [-0.39, 0.29) is 26.9 Å². The molecule has 3 aromatic rings. The molecule has 1 amide bonds. The number of nitrogens with zero attached hydrogens (tertiary/aromatic N) is 1. The van der Waals surface area contributed by atoms with Gasteiger partial charge in [-0.05, 0) is 17.7 Å². The Morgan fingerprint density at radius 2 is 1.42 bits per heavy atom. The van der Waals surface area contributed by atoms with Crippen LogP contribution in [0.3, 0.4) is 0 Å². The summed E-state index contributed by atoms with van der Waals surface area (Å²) in [5.41, 5.74) is -2.19. The number of rotatable bonds is 7. The quantitative estimate of drug-likeness (QED) is 0.283. The van der Waals surface area contributed by atoms with E-state index in [1.165, 1.54) is 24.5 Å². The summed E-state index contributed by atoms with van der Waals surface area (Å²) in [6.07, 6.45) is 2.01. The van der Waals surface area contributed by atoms with Gasteiger partial charge in [0, 0.05) is 24.5 Å². The third-order valence-corrected chi connectivity index (χ3v) is 5.00. The fraction of sp³-hybridized carbons (Fsp3) is 0.0952. The van der Waals surface area contributed by atoms with Gasteiger partial charge in [-0.3, -0.25) is 14.6 Å². The Balaban J connectivity index is 1.88. The molecule has 6 nitrogen and oxygen atoms in total. The number of carboxylic acids is 1. The average Bonchev–Trinajstić information content (AvgIpc) is 2.77. The van der Waals surface area contributed by atoms with E-state index in [1.807, 2.05) is 5.32 Å². The molecule has 0 aliphatic carbocycles. The summed E-state index contributed by atoms with van der Waals surface area (Å²) in [5, 5.41) is 13.3. The van der Waals surface area contributed by atoms with Crippen molar-refractivity contribution in [2.75, 3.05) is 17.2 Å². The number of amides is 1. The van der Waals surface area contributed by atoms with Crippen LogP contribution >= 0.6 is 23.2 Å². The third-order valence-electron chi connectivity index (χ3n) is 4.43. The van der Waals surface area contributed by atoms with E-state index >= 15 is 0 Å². The first-order valence-electron chi connectivity index (χ1n) is 9.14. The minimum atomic E-state index is -1.71. The monoisotopic (exact) mass is 501 g/mol. The number of halogens is 6. The molecule has 0 aliphatic rings. The first-order chi connectivity index (χ1) is 15.6. The maximum atomic E-state index is 14.6. The van der Waals surface area contributed by atoms with E-state index in [0.717, 1.165) is 12.1 Å². The molecule has 0 unspecified atom stereocenters. The summed E-state index contributed by atoms with van der Waals surface area (Å²) in [5.74, 6) is -8.71. The number of anilines is 2. The number of carbonyl (C=O) groups excluding carboxylic acids is 1. The molecule has 1 aromatic heterocycles.